The fraction of sp³-hybridized carbons (Fsp3) is 0.650. The predicted molar refractivity (Wildman–Crippen MR) is 99.2 cm³/mol. The molecule has 0 atom stereocenters. The van der Waals surface area contributed by atoms with Crippen molar-refractivity contribution in [2.24, 2.45) is 5.92 Å². The summed E-state index contributed by atoms with van der Waals surface area (Å²) in [5.74, 6) is -3.49. The summed E-state index contributed by atoms with van der Waals surface area (Å²) in [6, 6.07) is -0.986. The van der Waals surface area contributed by atoms with Gasteiger partial charge in [-0.1, -0.05) is 38.5 Å². The third kappa shape index (κ3) is 3.25. The van der Waals surface area contributed by atoms with Crippen molar-refractivity contribution < 1.29 is 19.2 Å². The average Bonchev–Trinajstić information content (AvgIpc) is 3.24. The minimum absolute atomic E-state index is 0.231. The van der Waals surface area contributed by atoms with Gasteiger partial charge in [0.05, 0.1) is 0 Å². The van der Waals surface area contributed by atoms with Crippen LogP contribution >= 0.6 is 0 Å². The summed E-state index contributed by atoms with van der Waals surface area (Å²) in [6.07, 6.45) is 13.0. The van der Waals surface area contributed by atoms with Crippen molar-refractivity contribution in [3.05, 3.63) is 18.7 Å². The molecule has 0 bridgehead atoms. The third-order valence-electron chi connectivity index (χ3n) is 6.27. The highest BCUT2D eigenvalue weighted by atomic mass is 16.2. The Balaban J connectivity index is 1.70. The summed E-state index contributed by atoms with van der Waals surface area (Å²) in [5, 5.41) is 0. The lowest BCUT2D eigenvalue weighted by atomic mass is 9.89. The highest BCUT2D eigenvalue weighted by Gasteiger charge is 2.53. The molecule has 2 heterocycles. The van der Waals surface area contributed by atoms with E-state index >= 15 is 0 Å². The van der Waals surface area contributed by atoms with Crippen molar-refractivity contribution in [2.75, 3.05) is 0 Å². The molecule has 1 aromatic heterocycles. The monoisotopic (exact) mass is 386 g/mol. The van der Waals surface area contributed by atoms with Gasteiger partial charge in [-0.2, -0.15) is 0 Å². The molecule has 8 nitrogen and oxygen atoms in total. The average molecular weight is 386 g/mol. The number of carbonyl (C=O) groups excluding carboxylic acids is 4. The molecule has 3 aliphatic rings. The molecule has 0 N–H and O–H groups in total. The van der Waals surface area contributed by atoms with Gasteiger partial charge in [-0.3, -0.25) is 28.8 Å². The fourth-order valence-electron chi connectivity index (χ4n) is 4.79. The molecule has 0 aromatic carbocycles. The number of carbonyl (C=O) groups is 4. The van der Waals surface area contributed by atoms with Crippen LogP contribution in [0.1, 0.15) is 69.0 Å². The molecule has 0 radical (unpaired) electrons. The lowest BCUT2D eigenvalue weighted by Gasteiger charge is -2.44. The topological polar surface area (TPSA) is 92.6 Å². The summed E-state index contributed by atoms with van der Waals surface area (Å²) < 4.78 is 1.16. The molecule has 0 spiro atoms. The molecule has 3 fully saturated rings. The van der Waals surface area contributed by atoms with E-state index < -0.39 is 29.7 Å². The van der Waals surface area contributed by atoms with Crippen LogP contribution in [0.3, 0.4) is 0 Å². The van der Waals surface area contributed by atoms with E-state index in [9.17, 15) is 19.2 Å². The highest BCUT2D eigenvalue weighted by Crippen LogP contribution is 2.33. The highest BCUT2D eigenvalue weighted by molar-refractivity contribution is 6.26. The smallest absolute Gasteiger partial charge is 0.275 e. The van der Waals surface area contributed by atoms with Gasteiger partial charge in [0, 0.05) is 24.5 Å². The third-order valence-corrected chi connectivity index (χ3v) is 6.27. The quantitative estimate of drug-likeness (QED) is 0.745. The van der Waals surface area contributed by atoms with Crippen LogP contribution in [-0.2, 0) is 9.59 Å². The Hall–Kier alpha value is -2.51. The second-order valence-electron chi connectivity index (χ2n) is 8.02. The standard InChI is InChI=1S/C20H26N4O4/c25-17(22-12-11-21-13-22)16-18(26)23(14-7-3-1-4-8-14)20(28)24(19(16)27)15-9-5-2-6-10-15/h11-16H,1-10H2. The van der Waals surface area contributed by atoms with E-state index in [0.29, 0.717) is 0 Å². The second kappa shape index (κ2) is 7.85. The largest absolute Gasteiger partial charge is 0.333 e. The summed E-state index contributed by atoms with van der Waals surface area (Å²) in [4.78, 5) is 59.0. The molecule has 150 valence electrons. The number of imidazole rings is 1. The van der Waals surface area contributed by atoms with Crippen molar-refractivity contribution in [3.63, 3.8) is 0 Å². The van der Waals surface area contributed by atoms with Gasteiger partial charge in [0.2, 0.25) is 0 Å². The zero-order chi connectivity index (χ0) is 19.7. The van der Waals surface area contributed by atoms with Crippen LogP contribution in [0.2, 0.25) is 0 Å². The zero-order valence-electron chi connectivity index (χ0n) is 16.0. The molecular formula is C20H26N4O4. The van der Waals surface area contributed by atoms with Crippen LogP contribution in [0.15, 0.2) is 18.7 Å². The van der Waals surface area contributed by atoms with Crippen molar-refractivity contribution in [2.45, 2.75) is 76.3 Å². The first kappa shape index (κ1) is 18.8. The Morgan fingerprint density at radius 2 is 1.32 bits per heavy atom. The van der Waals surface area contributed by atoms with Crippen LogP contribution in [0.25, 0.3) is 0 Å². The molecule has 4 amide bonds. The summed E-state index contributed by atoms with van der Waals surface area (Å²) >= 11 is 0. The zero-order valence-corrected chi connectivity index (χ0v) is 16.0. The first-order chi connectivity index (χ1) is 13.6. The number of amides is 4. The molecule has 8 heteroatoms. The molecule has 4 rings (SSSR count). The first-order valence-electron chi connectivity index (χ1n) is 10.3. The van der Waals surface area contributed by atoms with Gasteiger partial charge in [0.1, 0.15) is 6.33 Å². The van der Waals surface area contributed by atoms with E-state index in [1.165, 1.54) is 28.5 Å². The Morgan fingerprint density at radius 3 is 1.75 bits per heavy atom. The van der Waals surface area contributed by atoms with E-state index in [1.807, 2.05) is 0 Å². The first-order valence-corrected chi connectivity index (χ1v) is 10.3. The molecule has 2 aliphatic carbocycles. The SMILES string of the molecule is O=C1C(C(=O)n2ccnc2)C(=O)N(C2CCCCC2)C(=O)N1C1CCCCC1. The molecule has 1 aliphatic heterocycles. The van der Waals surface area contributed by atoms with Crippen molar-refractivity contribution >= 4 is 23.8 Å². The number of aromatic nitrogens is 2. The summed E-state index contributed by atoms with van der Waals surface area (Å²) in [5.41, 5.74) is 0. The lowest BCUT2D eigenvalue weighted by Crippen LogP contribution is -2.66. The van der Waals surface area contributed by atoms with E-state index in [2.05, 4.69) is 4.98 Å². The maximum atomic E-state index is 13.3. The van der Waals surface area contributed by atoms with Crippen LogP contribution in [0.4, 0.5) is 4.79 Å². The number of hydrogen-bond acceptors (Lipinski definition) is 5. The van der Waals surface area contributed by atoms with Crippen molar-refractivity contribution in [1.29, 1.82) is 0 Å². The fourth-order valence-corrected chi connectivity index (χ4v) is 4.79. The Bertz CT molecular complexity index is 723. The van der Waals surface area contributed by atoms with Gasteiger partial charge in [-0.15, -0.1) is 0 Å². The van der Waals surface area contributed by atoms with E-state index in [0.717, 1.165) is 68.8 Å². The van der Waals surface area contributed by atoms with Crippen molar-refractivity contribution in [3.8, 4) is 0 Å². The number of barbiturate groups is 1. The number of hydrogen-bond donors (Lipinski definition) is 0. The van der Waals surface area contributed by atoms with Gasteiger partial charge in [-0.25, -0.2) is 9.78 Å². The number of imide groups is 2. The van der Waals surface area contributed by atoms with E-state index in [-0.39, 0.29) is 12.1 Å². The van der Waals surface area contributed by atoms with Crippen LogP contribution < -0.4 is 0 Å². The minimum Gasteiger partial charge on any atom is -0.275 e. The number of nitrogens with zero attached hydrogens (tertiary/aromatic N) is 4. The molecule has 28 heavy (non-hydrogen) atoms. The molecule has 0 unspecified atom stereocenters. The predicted octanol–water partition coefficient (Wildman–Crippen LogP) is 2.60. The maximum Gasteiger partial charge on any atom is 0.333 e. The molecule has 1 saturated heterocycles. The van der Waals surface area contributed by atoms with Gasteiger partial charge >= 0.3 is 6.03 Å². The number of urea groups is 1. The van der Waals surface area contributed by atoms with Crippen LogP contribution in [-0.4, -0.2) is 55.2 Å². The summed E-state index contributed by atoms with van der Waals surface area (Å²) in [7, 11) is 0. The summed E-state index contributed by atoms with van der Waals surface area (Å²) in [6.45, 7) is 0. The van der Waals surface area contributed by atoms with Gasteiger partial charge in [-0.05, 0) is 25.7 Å². The van der Waals surface area contributed by atoms with Gasteiger partial charge in [0.25, 0.3) is 17.7 Å². The maximum absolute atomic E-state index is 13.3. The minimum atomic E-state index is -1.50. The van der Waals surface area contributed by atoms with Crippen molar-refractivity contribution in [1.82, 2.24) is 19.4 Å². The normalized spacial score (nSPS) is 23.5. The Kier molecular flexibility index (Phi) is 5.28. The Morgan fingerprint density at radius 1 is 0.821 bits per heavy atom. The van der Waals surface area contributed by atoms with Gasteiger partial charge < -0.3 is 0 Å². The Labute approximate surface area is 163 Å². The number of rotatable bonds is 3. The molecule has 1 aromatic rings. The van der Waals surface area contributed by atoms with Gasteiger partial charge in [0.15, 0.2) is 5.92 Å². The van der Waals surface area contributed by atoms with E-state index in [1.54, 1.807) is 0 Å². The van der Waals surface area contributed by atoms with E-state index in [4.69, 9.17) is 0 Å². The van der Waals surface area contributed by atoms with Crippen LogP contribution in [0.5, 0.6) is 0 Å². The molecule has 2 saturated carbocycles. The lowest BCUT2D eigenvalue weighted by molar-refractivity contribution is -0.150. The molecular weight excluding hydrogens is 360 g/mol. The van der Waals surface area contributed by atoms with Crippen LogP contribution in [0, 0.1) is 5.92 Å². The second-order valence-corrected chi connectivity index (χ2v) is 8.02.